The van der Waals surface area contributed by atoms with Gasteiger partial charge in [0.05, 0.1) is 0 Å². The number of likely N-dealkylation sites (N-methyl/N-ethyl adjacent to an activating group) is 1. The molecule has 0 saturated carbocycles. The van der Waals surface area contributed by atoms with Crippen LogP contribution in [0.5, 0.6) is 0 Å². The van der Waals surface area contributed by atoms with E-state index >= 15 is 0 Å². The summed E-state index contributed by atoms with van der Waals surface area (Å²) in [7, 11) is 2.22. The first-order valence-corrected chi connectivity index (χ1v) is 7.72. The van der Waals surface area contributed by atoms with E-state index in [0.29, 0.717) is 18.6 Å². The Balaban J connectivity index is 2.27. The molecule has 4 nitrogen and oxygen atoms in total. The number of pyridine rings is 1. The fourth-order valence-corrected chi connectivity index (χ4v) is 3.30. The highest BCUT2D eigenvalue weighted by molar-refractivity contribution is 5.25. The average Bonchev–Trinajstić information content (AvgIpc) is 2.63. The van der Waals surface area contributed by atoms with E-state index in [0.717, 1.165) is 13.1 Å². The van der Waals surface area contributed by atoms with Crippen LogP contribution in [0.1, 0.15) is 36.9 Å². The third-order valence-electron chi connectivity index (χ3n) is 4.48. The summed E-state index contributed by atoms with van der Waals surface area (Å²) in [5, 5.41) is 0. The lowest BCUT2D eigenvalue weighted by Crippen LogP contribution is -2.44. The van der Waals surface area contributed by atoms with Crippen molar-refractivity contribution in [2.75, 3.05) is 33.2 Å². The molecule has 1 aromatic heterocycles. The van der Waals surface area contributed by atoms with E-state index in [1.165, 1.54) is 30.5 Å². The van der Waals surface area contributed by atoms with E-state index in [1.54, 1.807) is 0 Å². The molecule has 1 aliphatic heterocycles. The lowest BCUT2D eigenvalue weighted by Gasteiger charge is -2.37. The van der Waals surface area contributed by atoms with E-state index in [4.69, 9.17) is 5.73 Å². The summed E-state index contributed by atoms with van der Waals surface area (Å²) < 4.78 is 0. The van der Waals surface area contributed by atoms with Gasteiger partial charge in [-0.1, -0.05) is 6.92 Å². The van der Waals surface area contributed by atoms with Gasteiger partial charge in [-0.05, 0) is 50.6 Å². The molecular formula is C16H28N4. The summed E-state index contributed by atoms with van der Waals surface area (Å²) in [5.41, 5.74) is 8.71. The van der Waals surface area contributed by atoms with Crippen molar-refractivity contribution in [2.24, 2.45) is 5.73 Å². The highest BCUT2D eigenvalue weighted by Crippen LogP contribution is 2.27. The zero-order valence-corrected chi connectivity index (χ0v) is 13.0. The van der Waals surface area contributed by atoms with Gasteiger partial charge >= 0.3 is 0 Å². The minimum atomic E-state index is 0.292. The summed E-state index contributed by atoms with van der Waals surface area (Å²) in [6.07, 6.45) is 6.23. The molecule has 1 aliphatic rings. The molecule has 1 saturated heterocycles. The number of hydrogen-bond donors (Lipinski definition) is 1. The van der Waals surface area contributed by atoms with Crippen molar-refractivity contribution in [1.82, 2.24) is 14.8 Å². The molecule has 20 heavy (non-hydrogen) atoms. The summed E-state index contributed by atoms with van der Waals surface area (Å²) >= 11 is 0. The van der Waals surface area contributed by atoms with Crippen LogP contribution in [0.4, 0.5) is 0 Å². The van der Waals surface area contributed by atoms with Crippen molar-refractivity contribution in [1.29, 1.82) is 0 Å². The fourth-order valence-electron chi connectivity index (χ4n) is 3.30. The van der Waals surface area contributed by atoms with Crippen molar-refractivity contribution in [3.8, 4) is 0 Å². The number of aromatic nitrogens is 1. The number of nitrogens with two attached hydrogens (primary N) is 1. The van der Waals surface area contributed by atoms with E-state index < -0.39 is 0 Å². The predicted octanol–water partition coefficient (Wildman–Crippen LogP) is 1.81. The molecule has 0 spiro atoms. The molecule has 0 amide bonds. The average molecular weight is 276 g/mol. The Morgan fingerprint density at radius 2 is 2.25 bits per heavy atom. The van der Waals surface area contributed by atoms with Crippen molar-refractivity contribution in [2.45, 2.75) is 38.8 Å². The molecule has 0 aromatic carbocycles. The largest absolute Gasteiger partial charge is 0.329 e. The van der Waals surface area contributed by atoms with Gasteiger partial charge in [-0.25, -0.2) is 0 Å². The third kappa shape index (κ3) is 3.37. The van der Waals surface area contributed by atoms with E-state index in [1.807, 2.05) is 12.4 Å². The van der Waals surface area contributed by atoms with Crippen molar-refractivity contribution >= 4 is 0 Å². The highest BCUT2D eigenvalue weighted by atomic mass is 15.3. The van der Waals surface area contributed by atoms with E-state index in [-0.39, 0.29) is 0 Å². The molecule has 1 fully saturated rings. The van der Waals surface area contributed by atoms with Crippen molar-refractivity contribution < 1.29 is 0 Å². The van der Waals surface area contributed by atoms with Crippen LogP contribution in [-0.4, -0.2) is 54.1 Å². The minimum absolute atomic E-state index is 0.292. The zero-order valence-electron chi connectivity index (χ0n) is 13.0. The lowest BCUT2D eigenvalue weighted by atomic mass is 10.00. The molecule has 2 unspecified atom stereocenters. The smallest absolute Gasteiger partial charge is 0.0491 e. The highest BCUT2D eigenvalue weighted by Gasteiger charge is 2.29. The number of aryl methyl sites for hydroxylation is 1. The van der Waals surface area contributed by atoms with Gasteiger partial charge in [0.1, 0.15) is 0 Å². The Hall–Kier alpha value is -0.970. The number of rotatable bonds is 4. The molecule has 0 radical (unpaired) electrons. The van der Waals surface area contributed by atoms with Crippen LogP contribution < -0.4 is 5.73 Å². The van der Waals surface area contributed by atoms with Crippen molar-refractivity contribution in [3.63, 3.8) is 0 Å². The second-order valence-electron chi connectivity index (χ2n) is 5.90. The molecule has 4 heteroatoms. The van der Waals surface area contributed by atoms with Crippen LogP contribution in [0.2, 0.25) is 0 Å². The molecule has 2 rings (SSSR count). The topological polar surface area (TPSA) is 45.4 Å². The maximum absolute atomic E-state index is 6.12. The second kappa shape index (κ2) is 7.16. The first kappa shape index (κ1) is 15.4. The summed E-state index contributed by atoms with van der Waals surface area (Å²) in [4.78, 5) is 9.35. The minimum Gasteiger partial charge on any atom is -0.329 e. The standard InChI is InChI=1S/C16H28N4/c1-4-14-12-19(3)8-5-9-20(14)16(10-17)15-11-18-7-6-13(15)2/h6-7,11,14,16H,4-5,8-10,12,17H2,1-3H3. The van der Waals surface area contributed by atoms with Gasteiger partial charge < -0.3 is 10.6 Å². The maximum atomic E-state index is 6.12. The van der Waals surface area contributed by atoms with Gasteiger partial charge in [-0.15, -0.1) is 0 Å². The van der Waals surface area contributed by atoms with Gasteiger partial charge in [-0.2, -0.15) is 0 Å². The van der Waals surface area contributed by atoms with E-state index in [9.17, 15) is 0 Å². The predicted molar refractivity (Wildman–Crippen MR) is 83.7 cm³/mol. The second-order valence-corrected chi connectivity index (χ2v) is 5.90. The Kier molecular flexibility index (Phi) is 5.52. The van der Waals surface area contributed by atoms with Crippen LogP contribution >= 0.6 is 0 Å². The Labute approximate surface area is 123 Å². The monoisotopic (exact) mass is 276 g/mol. The molecule has 112 valence electrons. The Morgan fingerprint density at radius 1 is 1.45 bits per heavy atom. The fraction of sp³-hybridized carbons (Fsp3) is 0.688. The molecule has 1 aromatic rings. The van der Waals surface area contributed by atoms with E-state index in [2.05, 4.69) is 41.7 Å². The summed E-state index contributed by atoms with van der Waals surface area (Å²) in [6.45, 7) is 8.53. The molecule has 2 atom stereocenters. The van der Waals surface area contributed by atoms with Gasteiger partial charge in [0, 0.05) is 44.1 Å². The lowest BCUT2D eigenvalue weighted by molar-refractivity contribution is 0.130. The SMILES string of the molecule is CCC1CN(C)CCCN1C(CN)c1cnccc1C. The van der Waals surface area contributed by atoms with Crippen LogP contribution in [0, 0.1) is 6.92 Å². The van der Waals surface area contributed by atoms with Gasteiger partial charge in [0.2, 0.25) is 0 Å². The normalized spacial score (nSPS) is 23.5. The van der Waals surface area contributed by atoms with Crippen LogP contribution in [0.3, 0.4) is 0 Å². The van der Waals surface area contributed by atoms with Gasteiger partial charge in [-0.3, -0.25) is 9.88 Å². The van der Waals surface area contributed by atoms with Gasteiger partial charge in [0.15, 0.2) is 0 Å². The first-order chi connectivity index (χ1) is 9.67. The molecular weight excluding hydrogens is 248 g/mol. The van der Waals surface area contributed by atoms with Gasteiger partial charge in [0.25, 0.3) is 0 Å². The Morgan fingerprint density at radius 3 is 2.90 bits per heavy atom. The number of hydrogen-bond acceptors (Lipinski definition) is 4. The first-order valence-electron chi connectivity index (χ1n) is 7.72. The molecule has 2 heterocycles. The van der Waals surface area contributed by atoms with Crippen LogP contribution in [0.25, 0.3) is 0 Å². The Bertz CT molecular complexity index is 421. The third-order valence-corrected chi connectivity index (χ3v) is 4.48. The molecule has 2 N–H and O–H groups in total. The summed E-state index contributed by atoms with van der Waals surface area (Å²) in [5.74, 6) is 0. The number of nitrogens with zero attached hydrogens (tertiary/aromatic N) is 3. The molecule has 0 aliphatic carbocycles. The van der Waals surface area contributed by atoms with Crippen LogP contribution in [-0.2, 0) is 0 Å². The van der Waals surface area contributed by atoms with Crippen molar-refractivity contribution in [3.05, 3.63) is 29.6 Å². The van der Waals surface area contributed by atoms with Crippen LogP contribution in [0.15, 0.2) is 18.5 Å². The molecule has 0 bridgehead atoms. The quantitative estimate of drug-likeness (QED) is 0.911. The zero-order chi connectivity index (χ0) is 14.5. The maximum Gasteiger partial charge on any atom is 0.0491 e. The summed E-state index contributed by atoms with van der Waals surface area (Å²) in [6, 6.07) is 2.96.